The van der Waals surface area contributed by atoms with Gasteiger partial charge in [-0.05, 0) is 64.2 Å². The van der Waals surface area contributed by atoms with Crippen molar-refractivity contribution in [3.05, 3.63) is 72.9 Å². The predicted octanol–water partition coefficient (Wildman–Crippen LogP) is 17.6. The average molecular weight is 1100 g/mol. The third-order valence-corrected chi connectivity index (χ3v) is 15.5. The lowest BCUT2D eigenvalue weighted by Gasteiger charge is -2.40. The standard InChI is InChI=1S/C69H125NO8/c1-3-5-7-9-11-13-15-17-19-21-23-25-27-28-29-30-31-32-33-34-35-36-37-39-41-43-45-47-49-51-53-55-57-59-65(73)70-62(61-77-69-68(76)67(75)66(74)64(60-71)78-69)63(72)58-56-54-52-50-48-46-44-42-40-38-26-24-22-20-18-16-14-12-10-8-6-4-2/h5,7,11,13,17,19,23,25,28-29,56,58,62-64,66-69,71-72,74-76H,3-4,6,8-10,12,14-16,18,20-22,24,26-27,30-55,57,59-61H2,1-2H3,(H,70,73)/b7-5-,13-11-,19-17-,25-23-,29-28-,58-56+. The Bertz CT molecular complexity index is 1460. The zero-order valence-corrected chi connectivity index (χ0v) is 50.7. The van der Waals surface area contributed by atoms with Gasteiger partial charge in [-0.1, -0.05) is 305 Å². The van der Waals surface area contributed by atoms with E-state index in [1.807, 2.05) is 6.08 Å². The molecule has 1 amide bonds. The number of amides is 1. The number of rotatable bonds is 57. The Morgan fingerprint density at radius 3 is 1.18 bits per heavy atom. The normalized spacial score (nSPS) is 19.1. The Hall–Kier alpha value is -2.37. The maximum Gasteiger partial charge on any atom is 0.220 e. The minimum Gasteiger partial charge on any atom is -0.394 e. The van der Waals surface area contributed by atoms with Crippen molar-refractivity contribution in [2.45, 2.75) is 346 Å². The van der Waals surface area contributed by atoms with E-state index in [0.717, 1.165) is 70.6 Å². The molecule has 6 N–H and O–H groups in total. The van der Waals surface area contributed by atoms with E-state index in [0.29, 0.717) is 6.42 Å². The summed E-state index contributed by atoms with van der Waals surface area (Å²) in [5.74, 6) is -0.174. The average Bonchev–Trinajstić information content (AvgIpc) is 3.45. The molecule has 7 unspecified atom stereocenters. The summed E-state index contributed by atoms with van der Waals surface area (Å²) in [5.41, 5.74) is 0. The van der Waals surface area contributed by atoms with Gasteiger partial charge in [0.1, 0.15) is 24.4 Å². The van der Waals surface area contributed by atoms with Crippen LogP contribution in [0.1, 0.15) is 303 Å². The highest BCUT2D eigenvalue weighted by Gasteiger charge is 2.44. The number of ether oxygens (including phenoxy) is 2. The van der Waals surface area contributed by atoms with Gasteiger partial charge in [-0.25, -0.2) is 0 Å². The van der Waals surface area contributed by atoms with Gasteiger partial charge in [0, 0.05) is 6.42 Å². The van der Waals surface area contributed by atoms with Crippen molar-refractivity contribution in [3.8, 4) is 0 Å². The number of hydrogen-bond acceptors (Lipinski definition) is 8. The van der Waals surface area contributed by atoms with Crippen LogP contribution in [0.3, 0.4) is 0 Å². The van der Waals surface area contributed by atoms with Crippen LogP contribution in [-0.2, 0) is 14.3 Å². The molecule has 1 aliphatic rings. The van der Waals surface area contributed by atoms with Crippen molar-refractivity contribution >= 4 is 5.91 Å². The van der Waals surface area contributed by atoms with Crippen molar-refractivity contribution in [1.29, 1.82) is 0 Å². The molecule has 0 spiro atoms. The van der Waals surface area contributed by atoms with Gasteiger partial charge in [0.25, 0.3) is 0 Å². The topological polar surface area (TPSA) is 149 Å². The van der Waals surface area contributed by atoms with Gasteiger partial charge in [0.2, 0.25) is 5.91 Å². The number of unbranched alkanes of at least 4 members (excludes halogenated alkanes) is 37. The predicted molar refractivity (Wildman–Crippen MR) is 332 cm³/mol. The van der Waals surface area contributed by atoms with Crippen molar-refractivity contribution in [1.82, 2.24) is 5.32 Å². The molecular formula is C69H125NO8. The SMILES string of the molecule is CC/C=C\C/C=C\C/C=C\C/C=C\C/C=C\CCCCCCCCCCCCCCCCCCCC(=O)NC(COC1OC(CO)C(O)C(O)C1O)C(O)/C=C/CCCCCCCCCCCCCCCCCCCCCC. The van der Waals surface area contributed by atoms with Gasteiger partial charge in [-0.15, -0.1) is 0 Å². The molecule has 9 nitrogen and oxygen atoms in total. The molecule has 1 aliphatic heterocycles. The first-order valence-corrected chi connectivity index (χ1v) is 33.2. The van der Waals surface area contributed by atoms with Crippen molar-refractivity contribution < 1.29 is 39.8 Å². The second kappa shape index (κ2) is 57.8. The number of aliphatic hydroxyl groups is 5. The van der Waals surface area contributed by atoms with Crippen LogP contribution >= 0.6 is 0 Å². The number of allylic oxidation sites excluding steroid dienone is 11. The summed E-state index contributed by atoms with van der Waals surface area (Å²) in [7, 11) is 0. The molecule has 9 heteroatoms. The van der Waals surface area contributed by atoms with Gasteiger partial charge in [0.15, 0.2) is 6.29 Å². The zero-order valence-electron chi connectivity index (χ0n) is 50.7. The fourth-order valence-electron chi connectivity index (χ4n) is 10.4. The lowest BCUT2D eigenvalue weighted by molar-refractivity contribution is -0.302. The monoisotopic (exact) mass is 1100 g/mol. The number of carbonyl (C=O) groups is 1. The lowest BCUT2D eigenvalue weighted by atomic mass is 9.99. The van der Waals surface area contributed by atoms with Crippen LogP contribution in [0.2, 0.25) is 0 Å². The van der Waals surface area contributed by atoms with Crippen LogP contribution in [0.4, 0.5) is 0 Å². The molecule has 0 saturated carbocycles. The molecular weight excluding hydrogens is 971 g/mol. The van der Waals surface area contributed by atoms with E-state index in [2.05, 4.69) is 79.9 Å². The number of nitrogens with one attached hydrogen (secondary N) is 1. The molecule has 0 radical (unpaired) electrons. The van der Waals surface area contributed by atoms with Gasteiger partial charge >= 0.3 is 0 Å². The molecule has 454 valence electrons. The molecule has 1 fully saturated rings. The smallest absolute Gasteiger partial charge is 0.220 e. The summed E-state index contributed by atoms with van der Waals surface area (Å²) in [4.78, 5) is 13.1. The third kappa shape index (κ3) is 46.3. The highest BCUT2D eigenvalue weighted by atomic mass is 16.7. The lowest BCUT2D eigenvalue weighted by Crippen LogP contribution is -2.60. The summed E-state index contributed by atoms with van der Waals surface area (Å²) >= 11 is 0. The van der Waals surface area contributed by atoms with E-state index in [-0.39, 0.29) is 12.5 Å². The van der Waals surface area contributed by atoms with Gasteiger partial charge < -0.3 is 40.3 Å². The zero-order chi connectivity index (χ0) is 56.5. The first-order valence-electron chi connectivity index (χ1n) is 33.2. The minimum absolute atomic E-state index is 0.174. The molecule has 7 atom stereocenters. The van der Waals surface area contributed by atoms with Crippen LogP contribution in [-0.4, -0.2) is 87.5 Å². The Balaban J connectivity index is 2.14. The molecule has 0 bridgehead atoms. The first-order chi connectivity index (χ1) is 38.3. The summed E-state index contributed by atoms with van der Waals surface area (Å²) in [5, 5.41) is 54.7. The molecule has 0 aromatic heterocycles. The van der Waals surface area contributed by atoms with E-state index < -0.39 is 49.5 Å². The van der Waals surface area contributed by atoms with E-state index in [1.54, 1.807) is 6.08 Å². The van der Waals surface area contributed by atoms with Crippen LogP contribution < -0.4 is 5.32 Å². The van der Waals surface area contributed by atoms with Crippen molar-refractivity contribution in [2.24, 2.45) is 0 Å². The van der Waals surface area contributed by atoms with E-state index in [9.17, 15) is 30.3 Å². The second-order valence-corrected chi connectivity index (χ2v) is 22.9. The molecule has 1 rings (SSSR count). The number of aliphatic hydroxyl groups excluding tert-OH is 5. The fourth-order valence-corrected chi connectivity index (χ4v) is 10.4. The van der Waals surface area contributed by atoms with Crippen LogP contribution in [0.15, 0.2) is 72.9 Å². The molecule has 0 aromatic rings. The van der Waals surface area contributed by atoms with Gasteiger partial charge in [0.05, 0.1) is 25.4 Å². The summed E-state index contributed by atoms with van der Waals surface area (Å²) in [6, 6.07) is -0.808. The van der Waals surface area contributed by atoms with E-state index in [1.165, 1.54) is 212 Å². The van der Waals surface area contributed by atoms with Crippen LogP contribution in [0, 0.1) is 0 Å². The molecule has 0 aromatic carbocycles. The molecule has 0 aliphatic carbocycles. The van der Waals surface area contributed by atoms with Crippen LogP contribution in [0.25, 0.3) is 0 Å². The largest absolute Gasteiger partial charge is 0.394 e. The highest BCUT2D eigenvalue weighted by molar-refractivity contribution is 5.76. The quantitative estimate of drug-likeness (QED) is 0.0261. The third-order valence-electron chi connectivity index (χ3n) is 15.5. The molecule has 1 saturated heterocycles. The summed E-state index contributed by atoms with van der Waals surface area (Å²) in [6.45, 7) is 3.70. The summed E-state index contributed by atoms with van der Waals surface area (Å²) < 4.78 is 11.3. The second-order valence-electron chi connectivity index (χ2n) is 22.9. The number of carbonyl (C=O) groups excluding carboxylic acids is 1. The van der Waals surface area contributed by atoms with Gasteiger partial charge in [-0.3, -0.25) is 4.79 Å². The van der Waals surface area contributed by atoms with Crippen molar-refractivity contribution in [3.63, 3.8) is 0 Å². The fraction of sp³-hybridized carbons (Fsp3) is 0.812. The van der Waals surface area contributed by atoms with Gasteiger partial charge in [-0.2, -0.15) is 0 Å². The summed E-state index contributed by atoms with van der Waals surface area (Å²) in [6.07, 6.45) is 74.2. The molecule has 1 heterocycles. The van der Waals surface area contributed by atoms with E-state index >= 15 is 0 Å². The minimum atomic E-state index is -1.57. The maximum absolute atomic E-state index is 13.1. The Morgan fingerprint density at radius 2 is 0.795 bits per heavy atom. The van der Waals surface area contributed by atoms with Crippen molar-refractivity contribution in [2.75, 3.05) is 13.2 Å². The Labute approximate surface area is 480 Å². The Kier molecular flexibility index (Phi) is 54.6. The van der Waals surface area contributed by atoms with E-state index in [4.69, 9.17) is 9.47 Å². The first kappa shape index (κ1) is 73.6. The number of hydrogen-bond donors (Lipinski definition) is 6. The Morgan fingerprint density at radius 1 is 0.449 bits per heavy atom. The van der Waals surface area contributed by atoms with Crippen LogP contribution in [0.5, 0.6) is 0 Å². The highest BCUT2D eigenvalue weighted by Crippen LogP contribution is 2.23. The maximum atomic E-state index is 13.1. The molecule has 78 heavy (non-hydrogen) atoms.